The van der Waals surface area contributed by atoms with E-state index >= 15 is 0 Å². The third kappa shape index (κ3) is 2.88. The lowest BCUT2D eigenvalue weighted by Crippen LogP contribution is -1.93. The summed E-state index contributed by atoms with van der Waals surface area (Å²) in [4.78, 5) is 0. The first kappa shape index (κ1) is 7.84. The molecule has 0 bridgehead atoms. The molecule has 55 valence electrons. The van der Waals surface area contributed by atoms with Crippen LogP contribution in [0.2, 0.25) is 0 Å². The molecular formula is C10H9O. The van der Waals surface area contributed by atoms with Gasteiger partial charge < -0.3 is 5.11 Å². The van der Waals surface area contributed by atoms with Gasteiger partial charge in [-0.2, -0.15) is 0 Å². The lowest BCUT2D eigenvalue weighted by Gasteiger charge is -1.88. The highest BCUT2D eigenvalue weighted by Crippen LogP contribution is 1.94. The number of hydrogen-bond acceptors (Lipinski definition) is 1. The van der Waals surface area contributed by atoms with E-state index in [0.717, 1.165) is 5.56 Å². The Morgan fingerprint density at radius 1 is 1.27 bits per heavy atom. The maximum absolute atomic E-state index is 8.73. The molecule has 1 nitrogen and oxygen atoms in total. The zero-order valence-corrected chi connectivity index (χ0v) is 6.12. The quantitative estimate of drug-likeness (QED) is 0.544. The SMILES string of the molecule is [CH2]C(O)C#Cc1ccccc1. The molecule has 1 aromatic carbocycles. The lowest BCUT2D eigenvalue weighted by atomic mass is 10.2. The Kier molecular flexibility index (Phi) is 2.71. The van der Waals surface area contributed by atoms with Gasteiger partial charge in [0.15, 0.2) is 0 Å². The van der Waals surface area contributed by atoms with E-state index in [1.807, 2.05) is 30.3 Å². The molecule has 0 saturated carbocycles. The van der Waals surface area contributed by atoms with Crippen molar-refractivity contribution in [3.63, 3.8) is 0 Å². The third-order valence-electron chi connectivity index (χ3n) is 1.16. The van der Waals surface area contributed by atoms with Crippen LogP contribution in [0.4, 0.5) is 0 Å². The van der Waals surface area contributed by atoms with Gasteiger partial charge in [0, 0.05) is 5.56 Å². The average molecular weight is 145 g/mol. The zero-order chi connectivity index (χ0) is 8.10. The van der Waals surface area contributed by atoms with Crippen LogP contribution in [0, 0.1) is 18.8 Å². The van der Waals surface area contributed by atoms with Gasteiger partial charge in [-0.3, -0.25) is 0 Å². The first-order valence-corrected chi connectivity index (χ1v) is 3.37. The van der Waals surface area contributed by atoms with Crippen molar-refractivity contribution in [3.8, 4) is 11.8 Å². The van der Waals surface area contributed by atoms with E-state index in [9.17, 15) is 0 Å². The highest BCUT2D eigenvalue weighted by Gasteiger charge is 1.84. The number of aliphatic hydroxyl groups is 1. The smallest absolute Gasteiger partial charge is 0.115 e. The van der Waals surface area contributed by atoms with Crippen LogP contribution in [-0.2, 0) is 0 Å². The normalized spacial score (nSPS) is 11.5. The molecule has 1 unspecified atom stereocenters. The van der Waals surface area contributed by atoms with Crippen LogP contribution in [0.25, 0.3) is 0 Å². The van der Waals surface area contributed by atoms with Gasteiger partial charge in [-0.15, -0.1) is 0 Å². The van der Waals surface area contributed by atoms with Crippen molar-refractivity contribution in [3.05, 3.63) is 42.8 Å². The summed E-state index contributed by atoms with van der Waals surface area (Å²) in [6, 6.07) is 9.50. The third-order valence-corrected chi connectivity index (χ3v) is 1.16. The van der Waals surface area contributed by atoms with E-state index in [1.165, 1.54) is 0 Å². The van der Waals surface area contributed by atoms with E-state index in [2.05, 4.69) is 18.8 Å². The van der Waals surface area contributed by atoms with Crippen LogP contribution in [0.5, 0.6) is 0 Å². The minimum absolute atomic E-state index is 0.796. The molecule has 11 heavy (non-hydrogen) atoms. The van der Waals surface area contributed by atoms with Crippen molar-refractivity contribution in [1.82, 2.24) is 0 Å². The van der Waals surface area contributed by atoms with Crippen molar-refractivity contribution in [1.29, 1.82) is 0 Å². The summed E-state index contributed by atoms with van der Waals surface area (Å²) in [5, 5.41) is 8.73. The van der Waals surface area contributed by atoms with Crippen molar-refractivity contribution >= 4 is 0 Å². The molecule has 0 heterocycles. The van der Waals surface area contributed by atoms with E-state index in [0.29, 0.717) is 0 Å². The van der Waals surface area contributed by atoms with E-state index < -0.39 is 6.10 Å². The van der Waals surface area contributed by atoms with Gasteiger partial charge in [0.05, 0.1) is 0 Å². The molecular weight excluding hydrogens is 136 g/mol. The standard InChI is InChI=1S/C10H9O/c1-9(11)7-8-10-5-3-2-4-6-10/h2-6,9,11H,1H2. The molecule has 0 aliphatic carbocycles. The van der Waals surface area contributed by atoms with Crippen molar-refractivity contribution in [2.24, 2.45) is 0 Å². The Balaban J connectivity index is 2.75. The Morgan fingerprint density at radius 3 is 2.45 bits per heavy atom. The summed E-state index contributed by atoms with van der Waals surface area (Å²) in [6.07, 6.45) is -0.796. The van der Waals surface area contributed by atoms with E-state index in [-0.39, 0.29) is 0 Å². The summed E-state index contributed by atoms with van der Waals surface area (Å²) in [5.41, 5.74) is 0.898. The summed E-state index contributed by atoms with van der Waals surface area (Å²) in [6.45, 7) is 3.34. The van der Waals surface area contributed by atoms with Gasteiger partial charge in [0.25, 0.3) is 0 Å². The summed E-state index contributed by atoms with van der Waals surface area (Å²) in [5.74, 6) is 5.34. The second kappa shape index (κ2) is 3.80. The minimum Gasteiger partial charge on any atom is -0.380 e. The minimum atomic E-state index is -0.796. The van der Waals surface area contributed by atoms with Crippen molar-refractivity contribution in [2.45, 2.75) is 6.10 Å². The van der Waals surface area contributed by atoms with Crippen molar-refractivity contribution < 1.29 is 5.11 Å². The Morgan fingerprint density at radius 2 is 1.91 bits per heavy atom. The molecule has 1 rings (SSSR count). The molecule has 0 saturated heterocycles. The first-order chi connectivity index (χ1) is 5.29. The van der Waals surface area contributed by atoms with E-state index in [1.54, 1.807) is 0 Å². The maximum Gasteiger partial charge on any atom is 0.115 e. The molecule has 0 aliphatic heterocycles. The molecule has 1 N–H and O–H groups in total. The largest absolute Gasteiger partial charge is 0.380 e. The molecule has 1 heteroatoms. The van der Waals surface area contributed by atoms with Crippen LogP contribution in [0.1, 0.15) is 5.56 Å². The maximum atomic E-state index is 8.73. The number of hydrogen-bond donors (Lipinski definition) is 1. The fourth-order valence-corrected chi connectivity index (χ4v) is 0.688. The Hall–Kier alpha value is -1.26. The highest BCUT2D eigenvalue weighted by atomic mass is 16.3. The topological polar surface area (TPSA) is 20.2 Å². The predicted octanol–water partition coefficient (Wildman–Crippen LogP) is 1.23. The van der Waals surface area contributed by atoms with Gasteiger partial charge in [0.2, 0.25) is 0 Å². The van der Waals surface area contributed by atoms with Crippen LogP contribution in [0.3, 0.4) is 0 Å². The summed E-state index contributed by atoms with van der Waals surface area (Å²) in [7, 11) is 0. The second-order valence-electron chi connectivity index (χ2n) is 2.15. The average Bonchev–Trinajstić information content (AvgIpc) is 2.03. The summed E-state index contributed by atoms with van der Waals surface area (Å²) >= 11 is 0. The van der Waals surface area contributed by atoms with Gasteiger partial charge >= 0.3 is 0 Å². The molecule has 0 spiro atoms. The van der Waals surface area contributed by atoms with Gasteiger partial charge in [-0.25, -0.2) is 0 Å². The van der Waals surface area contributed by atoms with Crippen molar-refractivity contribution in [2.75, 3.05) is 0 Å². The molecule has 1 aromatic rings. The number of rotatable bonds is 0. The van der Waals surface area contributed by atoms with Crippen LogP contribution >= 0.6 is 0 Å². The second-order valence-corrected chi connectivity index (χ2v) is 2.15. The fraction of sp³-hybridized carbons (Fsp3) is 0.100. The van der Waals surface area contributed by atoms with Crippen LogP contribution in [-0.4, -0.2) is 11.2 Å². The fourth-order valence-electron chi connectivity index (χ4n) is 0.688. The highest BCUT2D eigenvalue weighted by molar-refractivity contribution is 5.34. The van der Waals surface area contributed by atoms with Gasteiger partial charge in [0.1, 0.15) is 6.10 Å². The van der Waals surface area contributed by atoms with Gasteiger partial charge in [-0.05, 0) is 19.1 Å². The van der Waals surface area contributed by atoms with Gasteiger partial charge in [-0.1, -0.05) is 30.0 Å². The molecule has 0 aliphatic rings. The predicted molar refractivity (Wildman–Crippen MR) is 44.7 cm³/mol. The molecule has 0 aromatic heterocycles. The molecule has 1 atom stereocenters. The molecule has 1 radical (unpaired) electrons. The summed E-state index contributed by atoms with van der Waals surface area (Å²) < 4.78 is 0. The van der Waals surface area contributed by atoms with E-state index in [4.69, 9.17) is 5.11 Å². The Labute approximate surface area is 66.7 Å². The zero-order valence-electron chi connectivity index (χ0n) is 6.12. The lowest BCUT2D eigenvalue weighted by molar-refractivity contribution is 0.278. The Bertz CT molecular complexity index is 264. The molecule has 0 amide bonds. The first-order valence-electron chi connectivity index (χ1n) is 3.37. The van der Waals surface area contributed by atoms with Crippen LogP contribution < -0.4 is 0 Å². The monoisotopic (exact) mass is 145 g/mol. The number of benzene rings is 1. The van der Waals surface area contributed by atoms with Crippen LogP contribution in [0.15, 0.2) is 30.3 Å². The number of aliphatic hydroxyl groups excluding tert-OH is 1. The molecule has 0 fully saturated rings.